The third kappa shape index (κ3) is 3.09. The van der Waals surface area contributed by atoms with Gasteiger partial charge in [-0.3, -0.25) is 10.5 Å². The number of ether oxygens (including phenoxy) is 1. The van der Waals surface area contributed by atoms with Crippen LogP contribution >= 0.6 is 15.9 Å². The van der Waals surface area contributed by atoms with Crippen LogP contribution in [-0.4, -0.2) is 16.9 Å². The molecule has 2 rings (SSSR count). The maximum Gasteiger partial charge on any atom is 0.161 e. The summed E-state index contributed by atoms with van der Waals surface area (Å²) in [6.45, 7) is 4.01. The summed E-state index contributed by atoms with van der Waals surface area (Å²) in [6, 6.07) is 4.14. The third-order valence-corrected chi connectivity index (χ3v) is 3.94. The Labute approximate surface area is 131 Å². The highest BCUT2D eigenvalue weighted by Gasteiger charge is 2.25. The molecule has 1 aromatic heterocycles. The predicted molar refractivity (Wildman–Crippen MR) is 82.4 cm³/mol. The minimum absolute atomic E-state index is 0.118. The highest BCUT2D eigenvalue weighted by molar-refractivity contribution is 9.10. The fraction of sp³-hybridized carbons (Fsp3) is 0.357. The predicted octanol–water partition coefficient (Wildman–Crippen LogP) is 2.93. The molecule has 0 aliphatic carbocycles. The van der Waals surface area contributed by atoms with E-state index in [4.69, 9.17) is 10.6 Å². The van der Waals surface area contributed by atoms with Gasteiger partial charge in [-0.25, -0.2) is 9.82 Å². The van der Waals surface area contributed by atoms with E-state index in [2.05, 4.69) is 26.5 Å². The normalized spacial score (nSPS) is 12.7. The molecule has 0 spiro atoms. The average Bonchev–Trinajstić information content (AvgIpc) is 2.87. The lowest BCUT2D eigenvalue weighted by Crippen LogP contribution is -2.31. The summed E-state index contributed by atoms with van der Waals surface area (Å²) >= 11 is 3.43. The molecule has 0 fully saturated rings. The first-order chi connectivity index (χ1) is 9.99. The largest absolute Gasteiger partial charge is 0.493 e. The van der Waals surface area contributed by atoms with Crippen molar-refractivity contribution in [2.45, 2.75) is 25.9 Å². The Kier molecular flexibility index (Phi) is 4.97. The SMILES string of the molecule is COc1cnn(C(C)C)c1C(NN)c1cc(F)ccc1Br. The molecule has 0 aliphatic heterocycles. The molecule has 3 N–H and O–H groups in total. The van der Waals surface area contributed by atoms with Gasteiger partial charge in [0.15, 0.2) is 5.75 Å². The van der Waals surface area contributed by atoms with Gasteiger partial charge in [0.1, 0.15) is 11.5 Å². The number of hydrazine groups is 1. The first-order valence-electron chi connectivity index (χ1n) is 6.52. The molecule has 7 heteroatoms. The maximum atomic E-state index is 13.6. The van der Waals surface area contributed by atoms with E-state index in [9.17, 15) is 4.39 Å². The molecule has 0 aliphatic rings. The van der Waals surface area contributed by atoms with E-state index in [-0.39, 0.29) is 11.9 Å². The Morgan fingerprint density at radius 2 is 2.14 bits per heavy atom. The Balaban J connectivity index is 2.61. The van der Waals surface area contributed by atoms with E-state index in [1.165, 1.54) is 12.1 Å². The first kappa shape index (κ1) is 15.9. The van der Waals surface area contributed by atoms with Crippen molar-refractivity contribution < 1.29 is 9.13 Å². The molecule has 1 unspecified atom stereocenters. The van der Waals surface area contributed by atoms with Crippen LogP contribution in [0.2, 0.25) is 0 Å². The lowest BCUT2D eigenvalue weighted by Gasteiger charge is -2.22. The summed E-state index contributed by atoms with van der Waals surface area (Å²) in [5, 5.41) is 4.32. The Bertz CT molecular complexity index is 629. The topological polar surface area (TPSA) is 65.1 Å². The molecule has 0 amide bonds. The summed E-state index contributed by atoms with van der Waals surface area (Å²) in [5.74, 6) is 5.99. The number of halogens is 2. The van der Waals surface area contributed by atoms with Crippen molar-refractivity contribution in [2.24, 2.45) is 5.84 Å². The van der Waals surface area contributed by atoms with Crippen LogP contribution < -0.4 is 16.0 Å². The van der Waals surface area contributed by atoms with Gasteiger partial charge in [0, 0.05) is 10.5 Å². The first-order valence-corrected chi connectivity index (χ1v) is 7.31. The number of aromatic nitrogens is 2. The number of nitrogens with one attached hydrogen (secondary N) is 1. The number of hydrogen-bond donors (Lipinski definition) is 2. The zero-order valence-electron chi connectivity index (χ0n) is 12.1. The van der Waals surface area contributed by atoms with Gasteiger partial charge in [0.05, 0.1) is 19.3 Å². The van der Waals surface area contributed by atoms with Crippen molar-refractivity contribution in [3.8, 4) is 5.75 Å². The minimum atomic E-state index is -0.449. The molecule has 2 aromatic rings. The molecular weight excluding hydrogens is 339 g/mol. The fourth-order valence-electron chi connectivity index (χ4n) is 2.25. The highest BCUT2D eigenvalue weighted by Crippen LogP contribution is 2.34. The van der Waals surface area contributed by atoms with Crippen LogP contribution in [0.5, 0.6) is 5.75 Å². The fourth-order valence-corrected chi connectivity index (χ4v) is 2.73. The second kappa shape index (κ2) is 6.55. The molecular formula is C14H18BrFN4O. The number of benzene rings is 1. The van der Waals surface area contributed by atoms with E-state index >= 15 is 0 Å². The number of rotatable bonds is 5. The van der Waals surface area contributed by atoms with Crippen molar-refractivity contribution in [3.05, 3.63) is 45.9 Å². The summed E-state index contributed by atoms with van der Waals surface area (Å²) in [4.78, 5) is 0. The molecule has 114 valence electrons. The second-order valence-electron chi connectivity index (χ2n) is 4.90. The van der Waals surface area contributed by atoms with Crippen LogP contribution in [0.3, 0.4) is 0 Å². The van der Waals surface area contributed by atoms with Crippen molar-refractivity contribution in [2.75, 3.05) is 7.11 Å². The zero-order valence-corrected chi connectivity index (χ0v) is 13.7. The van der Waals surface area contributed by atoms with Gasteiger partial charge in [-0.15, -0.1) is 0 Å². The van der Waals surface area contributed by atoms with Gasteiger partial charge in [0.2, 0.25) is 0 Å². The summed E-state index contributed by atoms with van der Waals surface area (Å²) in [6.07, 6.45) is 1.63. The summed E-state index contributed by atoms with van der Waals surface area (Å²) in [7, 11) is 1.57. The number of hydrogen-bond acceptors (Lipinski definition) is 4. The van der Waals surface area contributed by atoms with E-state index in [1.807, 2.05) is 13.8 Å². The van der Waals surface area contributed by atoms with E-state index < -0.39 is 6.04 Å². The maximum absolute atomic E-state index is 13.6. The van der Waals surface area contributed by atoms with E-state index in [1.54, 1.807) is 24.1 Å². The van der Waals surface area contributed by atoms with Crippen LogP contribution in [-0.2, 0) is 0 Å². The van der Waals surface area contributed by atoms with Crippen molar-refractivity contribution >= 4 is 15.9 Å². The van der Waals surface area contributed by atoms with Gasteiger partial charge in [0.25, 0.3) is 0 Å². The number of methoxy groups -OCH3 is 1. The summed E-state index contributed by atoms with van der Waals surface area (Å²) in [5.41, 5.74) is 4.15. The molecule has 1 atom stereocenters. The smallest absolute Gasteiger partial charge is 0.161 e. The lowest BCUT2D eigenvalue weighted by atomic mass is 10.0. The quantitative estimate of drug-likeness (QED) is 0.638. The van der Waals surface area contributed by atoms with E-state index in [0.717, 1.165) is 10.2 Å². The van der Waals surface area contributed by atoms with Gasteiger partial charge >= 0.3 is 0 Å². The molecule has 0 bridgehead atoms. The van der Waals surface area contributed by atoms with Crippen LogP contribution in [0.4, 0.5) is 4.39 Å². The molecule has 5 nitrogen and oxygen atoms in total. The standard InChI is InChI=1S/C14H18BrFN4O/c1-8(2)20-14(12(21-3)7-18-20)13(19-17)10-6-9(16)4-5-11(10)15/h4-8,13,19H,17H2,1-3H3. The Hall–Kier alpha value is -1.44. The number of nitrogens with zero attached hydrogens (tertiary/aromatic N) is 2. The van der Waals surface area contributed by atoms with E-state index in [0.29, 0.717) is 11.3 Å². The summed E-state index contributed by atoms with van der Waals surface area (Å²) < 4.78 is 21.5. The number of nitrogens with two attached hydrogens (primary N) is 1. The molecule has 0 radical (unpaired) electrons. The molecule has 21 heavy (non-hydrogen) atoms. The van der Waals surface area contributed by atoms with Gasteiger partial charge in [-0.2, -0.15) is 5.10 Å². The van der Waals surface area contributed by atoms with Crippen LogP contribution in [0, 0.1) is 5.82 Å². The molecule has 1 heterocycles. The molecule has 1 aromatic carbocycles. The molecule has 0 saturated carbocycles. The second-order valence-corrected chi connectivity index (χ2v) is 5.76. The monoisotopic (exact) mass is 356 g/mol. The van der Waals surface area contributed by atoms with Crippen molar-refractivity contribution in [1.29, 1.82) is 0 Å². The van der Waals surface area contributed by atoms with Gasteiger partial charge in [-0.1, -0.05) is 15.9 Å². The van der Waals surface area contributed by atoms with Crippen LogP contribution in [0.1, 0.15) is 37.2 Å². The lowest BCUT2D eigenvalue weighted by molar-refractivity contribution is 0.393. The van der Waals surface area contributed by atoms with Crippen LogP contribution in [0.25, 0.3) is 0 Å². The zero-order chi connectivity index (χ0) is 15.6. The Morgan fingerprint density at radius 1 is 1.43 bits per heavy atom. The van der Waals surface area contributed by atoms with Crippen LogP contribution in [0.15, 0.2) is 28.9 Å². The van der Waals surface area contributed by atoms with Gasteiger partial charge < -0.3 is 4.74 Å². The van der Waals surface area contributed by atoms with Crippen molar-refractivity contribution in [1.82, 2.24) is 15.2 Å². The third-order valence-electron chi connectivity index (χ3n) is 3.22. The Morgan fingerprint density at radius 3 is 2.71 bits per heavy atom. The van der Waals surface area contributed by atoms with Crippen molar-refractivity contribution in [3.63, 3.8) is 0 Å². The average molecular weight is 357 g/mol. The minimum Gasteiger partial charge on any atom is -0.493 e. The molecule has 0 saturated heterocycles. The highest BCUT2D eigenvalue weighted by atomic mass is 79.9. The van der Waals surface area contributed by atoms with Gasteiger partial charge in [-0.05, 0) is 37.6 Å².